The molecule has 1 aliphatic carbocycles. The highest BCUT2D eigenvalue weighted by atomic mass is 32.1. The average molecular weight is 348 g/mol. The number of hydrogen-bond acceptors (Lipinski definition) is 7. The van der Waals surface area contributed by atoms with Gasteiger partial charge in [0.05, 0.1) is 25.8 Å². The van der Waals surface area contributed by atoms with Crippen molar-refractivity contribution in [2.75, 3.05) is 39.9 Å². The number of rotatable bonds is 7. The van der Waals surface area contributed by atoms with Crippen molar-refractivity contribution in [3.05, 3.63) is 34.1 Å². The van der Waals surface area contributed by atoms with Crippen LogP contribution in [0.25, 0.3) is 0 Å². The number of nitrogens with zero attached hydrogens (tertiary/aromatic N) is 4. The van der Waals surface area contributed by atoms with Crippen molar-refractivity contribution in [1.82, 2.24) is 19.9 Å². The topological polar surface area (TPSA) is 54.6 Å². The van der Waals surface area contributed by atoms with Crippen LogP contribution in [0.2, 0.25) is 0 Å². The van der Waals surface area contributed by atoms with Crippen molar-refractivity contribution in [2.24, 2.45) is 0 Å². The van der Waals surface area contributed by atoms with Gasteiger partial charge in [-0.15, -0.1) is 11.3 Å². The first-order valence-corrected chi connectivity index (χ1v) is 9.54. The molecule has 2 aliphatic rings. The van der Waals surface area contributed by atoms with E-state index in [1.807, 2.05) is 11.3 Å². The molecule has 0 spiro atoms. The maximum Gasteiger partial charge on any atom is 0.240 e. The molecule has 2 fully saturated rings. The molecule has 1 atom stereocenters. The quantitative estimate of drug-likeness (QED) is 0.766. The third-order valence-corrected chi connectivity index (χ3v) is 5.65. The lowest BCUT2D eigenvalue weighted by molar-refractivity contribution is 0.00908. The van der Waals surface area contributed by atoms with E-state index in [1.165, 1.54) is 17.7 Å². The maximum absolute atomic E-state index is 5.51. The van der Waals surface area contributed by atoms with Gasteiger partial charge in [0, 0.05) is 30.4 Å². The highest BCUT2D eigenvalue weighted by molar-refractivity contribution is 7.10. The summed E-state index contributed by atoms with van der Waals surface area (Å²) in [6.07, 6.45) is 2.40. The third-order valence-electron chi connectivity index (χ3n) is 4.67. The minimum atomic E-state index is 0.393. The van der Waals surface area contributed by atoms with Gasteiger partial charge in [-0.3, -0.25) is 9.80 Å². The van der Waals surface area contributed by atoms with Gasteiger partial charge < -0.3 is 9.26 Å². The molecule has 1 aliphatic heterocycles. The number of likely N-dealkylation sites (N-methyl/N-ethyl adjacent to an activating group) is 1. The zero-order valence-electron chi connectivity index (χ0n) is 14.1. The molecule has 2 aromatic rings. The van der Waals surface area contributed by atoms with Gasteiger partial charge in [0.1, 0.15) is 0 Å². The lowest BCUT2D eigenvalue weighted by atomic mass is 10.1. The second-order valence-corrected chi connectivity index (χ2v) is 7.68. The molecule has 0 N–H and O–H groups in total. The SMILES string of the molecule is CN(Cc1nc(C2CC2)no1)C[C@H](c1cccs1)N1CCOCC1. The molecular formula is C17H24N4O2S. The van der Waals surface area contributed by atoms with Gasteiger partial charge in [-0.25, -0.2) is 0 Å². The lowest BCUT2D eigenvalue weighted by Gasteiger charge is -2.35. The highest BCUT2D eigenvalue weighted by Crippen LogP contribution is 2.38. The van der Waals surface area contributed by atoms with E-state index < -0.39 is 0 Å². The molecule has 3 heterocycles. The number of ether oxygens (including phenoxy) is 1. The Hall–Kier alpha value is -1.28. The molecular weight excluding hydrogens is 324 g/mol. The number of hydrogen-bond donors (Lipinski definition) is 0. The van der Waals surface area contributed by atoms with Gasteiger partial charge in [-0.2, -0.15) is 4.98 Å². The minimum absolute atomic E-state index is 0.393. The average Bonchev–Trinajstić information content (AvgIpc) is 3.11. The Kier molecular flexibility index (Phi) is 4.93. The molecule has 130 valence electrons. The van der Waals surface area contributed by atoms with E-state index in [2.05, 4.69) is 44.5 Å². The van der Waals surface area contributed by atoms with Crippen molar-refractivity contribution < 1.29 is 9.26 Å². The van der Waals surface area contributed by atoms with Crippen LogP contribution in [0.15, 0.2) is 22.0 Å². The smallest absolute Gasteiger partial charge is 0.240 e. The van der Waals surface area contributed by atoms with Crippen LogP contribution in [0, 0.1) is 0 Å². The second-order valence-electron chi connectivity index (χ2n) is 6.70. The van der Waals surface area contributed by atoms with Crippen LogP contribution in [0.1, 0.15) is 41.4 Å². The van der Waals surface area contributed by atoms with Crippen molar-refractivity contribution in [3.63, 3.8) is 0 Å². The summed E-state index contributed by atoms with van der Waals surface area (Å²) in [6.45, 7) is 5.26. The fourth-order valence-corrected chi connectivity index (χ4v) is 4.04. The number of morpholine rings is 1. The van der Waals surface area contributed by atoms with Crippen LogP contribution < -0.4 is 0 Å². The van der Waals surface area contributed by atoms with Crippen LogP contribution in [0.5, 0.6) is 0 Å². The van der Waals surface area contributed by atoms with Crippen LogP contribution in [0.3, 0.4) is 0 Å². The summed E-state index contributed by atoms with van der Waals surface area (Å²) in [7, 11) is 2.13. The number of thiophene rings is 1. The Labute approximate surface area is 146 Å². The van der Waals surface area contributed by atoms with Crippen molar-refractivity contribution in [2.45, 2.75) is 31.3 Å². The molecule has 0 unspecified atom stereocenters. The first-order valence-electron chi connectivity index (χ1n) is 8.66. The molecule has 0 amide bonds. The largest absolute Gasteiger partial charge is 0.379 e. The summed E-state index contributed by atoms with van der Waals surface area (Å²) >= 11 is 1.83. The molecule has 4 rings (SSSR count). The Morgan fingerprint density at radius 1 is 1.38 bits per heavy atom. The van der Waals surface area contributed by atoms with E-state index >= 15 is 0 Å². The molecule has 0 radical (unpaired) electrons. The van der Waals surface area contributed by atoms with Gasteiger partial charge in [0.25, 0.3) is 0 Å². The summed E-state index contributed by atoms with van der Waals surface area (Å²) in [5, 5.41) is 6.27. The van der Waals surface area contributed by atoms with Gasteiger partial charge >= 0.3 is 0 Å². The summed E-state index contributed by atoms with van der Waals surface area (Å²) in [5.74, 6) is 2.16. The van der Waals surface area contributed by atoms with Gasteiger partial charge in [-0.1, -0.05) is 11.2 Å². The van der Waals surface area contributed by atoms with E-state index in [0.29, 0.717) is 18.5 Å². The molecule has 7 heteroatoms. The second kappa shape index (κ2) is 7.31. The zero-order chi connectivity index (χ0) is 16.4. The summed E-state index contributed by atoms with van der Waals surface area (Å²) < 4.78 is 10.9. The normalized spacial score (nSPS) is 20.6. The van der Waals surface area contributed by atoms with Crippen molar-refractivity contribution in [1.29, 1.82) is 0 Å². The Bertz CT molecular complexity index is 635. The molecule has 2 aromatic heterocycles. The molecule has 24 heavy (non-hydrogen) atoms. The van der Waals surface area contributed by atoms with Crippen LogP contribution in [-0.2, 0) is 11.3 Å². The number of aromatic nitrogens is 2. The molecule has 0 bridgehead atoms. The first-order chi connectivity index (χ1) is 11.8. The Morgan fingerprint density at radius 3 is 2.92 bits per heavy atom. The summed E-state index contributed by atoms with van der Waals surface area (Å²) in [5.41, 5.74) is 0. The van der Waals surface area contributed by atoms with Gasteiger partial charge in [-0.05, 0) is 31.3 Å². The van der Waals surface area contributed by atoms with E-state index in [1.54, 1.807) is 0 Å². The van der Waals surface area contributed by atoms with Crippen molar-refractivity contribution in [3.8, 4) is 0 Å². The highest BCUT2D eigenvalue weighted by Gasteiger charge is 2.29. The predicted molar refractivity (Wildman–Crippen MR) is 92.1 cm³/mol. The summed E-state index contributed by atoms with van der Waals surface area (Å²) in [4.78, 5) is 10.8. The molecule has 1 saturated heterocycles. The Balaban J connectivity index is 1.40. The van der Waals surface area contributed by atoms with Gasteiger partial charge in [0.2, 0.25) is 5.89 Å². The van der Waals surface area contributed by atoms with E-state index in [0.717, 1.165) is 44.6 Å². The minimum Gasteiger partial charge on any atom is -0.379 e. The summed E-state index contributed by atoms with van der Waals surface area (Å²) in [6, 6.07) is 4.76. The van der Waals surface area contributed by atoms with Crippen LogP contribution >= 0.6 is 11.3 Å². The van der Waals surface area contributed by atoms with Crippen LogP contribution in [-0.4, -0.2) is 59.8 Å². The van der Waals surface area contributed by atoms with E-state index in [-0.39, 0.29) is 0 Å². The predicted octanol–water partition coefficient (Wildman–Crippen LogP) is 2.51. The van der Waals surface area contributed by atoms with Crippen LogP contribution in [0.4, 0.5) is 0 Å². The zero-order valence-corrected chi connectivity index (χ0v) is 14.9. The third kappa shape index (κ3) is 3.85. The Morgan fingerprint density at radius 2 is 2.21 bits per heavy atom. The monoisotopic (exact) mass is 348 g/mol. The van der Waals surface area contributed by atoms with Crippen molar-refractivity contribution >= 4 is 11.3 Å². The molecule has 0 aromatic carbocycles. The van der Waals surface area contributed by atoms with E-state index in [9.17, 15) is 0 Å². The maximum atomic E-state index is 5.51. The molecule has 6 nitrogen and oxygen atoms in total. The lowest BCUT2D eigenvalue weighted by Crippen LogP contribution is -2.42. The fraction of sp³-hybridized carbons (Fsp3) is 0.647. The van der Waals surface area contributed by atoms with Gasteiger partial charge in [0.15, 0.2) is 5.82 Å². The molecule has 1 saturated carbocycles. The first kappa shape index (κ1) is 16.2. The standard InChI is InChI=1S/C17H24N4O2S/c1-20(12-16-18-17(19-23-16)13-4-5-13)11-14(15-3-2-10-24-15)21-6-8-22-9-7-21/h2-3,10,13-14H,4-9,11-12H2,1H3/t14-/m1/s1. The van der Waals surface area contributed by atoms with E-state index in [4.69, 9.17) is 9.26 Å². The fourth-order valence-electron chi connectivity index (χ4n) is 3.19.